The Morgan fingerprint density at radius 3 is 3.05 bits per heavy atom. The van der Waals surface area contributed by atoms with Gasteiger partial charge in [-0.3, -0.25) is 4.79 Å². The van der Waals surface area contributed by atoms with Gasteiger partial charge in [0.1, 0.15) is 5.82 Å². The van der Waals surface area contributed by atoms with Crippen LogP contribution in [-0.2, 0) is 4.79 Å². The van der Waals surface area contributed by atoms with Crippen molar-refractivity contribution in [2.24, 2.45) is 5.92 Å². The van der Waals surface area contributed by atoms with E-state index in [1.165, 1.54) is 4.70 Å². The number of nitrogens with one attached hydrogen (secondary N) is 1. The second kappa shape index (κ2) is 7.24. The standard InChI is InChI=1S/C15H20N2O2S/c1-2-11(3-4-14(18)19)5-8-16-15-12-7-10-20-13(12)6-9-17-15/h6-7,9-11H,2-5,8H2,1H3,(H,16,17)(H,18,19). The monoisotopic (exact) mass is 292 g/mol. The molecule has 0 saturated heterocycles. The topological polar surface area (TPSA) is 62.2 Å². The van der Waals surface area contributed by atoms with Crippen LogP contribution < -0.4 is 5.32 Å². The van der Waals surface area contributed by atoms with Crippen molar-refractivity contribution in [2.45, 2.75) is 32.6 Å². The Morgan fingerprint density at radius 1 is 1.45 bits per heavy atom. The van der Waals surface area contributed by atoms with Crippen LogP contribution in [0.3, 0.4) is 0 Å². The third kappa shape index (κ3) is 3.93. The second-order valence-electron chi connectivity index (χ2n) is 4.91. The molecule has 0 saturated carbocycles. The van der Waals surface area contributed by atoms with Crippen molar-refractivity contribution in [3.05, 3.63) is 23.7 Å². The molecule has 2 rings (SSSR count). The number of fused-ring (bicyclic) bond motifs is 1. The molecule has 4 nitrogen and oxygen atoms in total. The lowest BCUT2D eigenvalue weighted by atomic mass is 9.97. The first-order valence-electron chi connectivity index (χ1n) is 6.98. The molecule has 1 atom stereocenters. The predicted octanol–water partition coefficient (Wildman–Crippen LogP) is 3.99. The van der Waals surface area contributed by atoms with Crippen LogP contribution in [0.1, 0.15) is 32.6 Å². The summed E-state index contributed by atoms with van der Waals surface area (Å²) in [6.45, 7) is 2.95. The summed E-state index contributed by atoms with van der Waals surface area (Å²) in [5.74, 6) is 0.679. The molecule has 2 heterocycles. The van der Waals surface area contributed by atoms with Gasteiger partial charge in [-0.25, -0.2) is 4.98 Å². The van der Waals surface area contributed by atoms with Crippen molar-refractivity contribution in [1.82, 2.24) is 4.98 Å². The average Bonchev–Trinajstić information content (AvgIpc) is 2.91. The number of anilines is 1. The van der Waals surface area contributed by atoms with Gasteiger partial charge in [-0.15, -0.1) is 11.3 Å². The van der Waals surface area contributed by atoms with Crippen molar-refractivity contribution < 1.29 is 9.90 Å². The van der Waals surface area contributed by atoms with Crippen molar-refractivity contribution in [3.8, 4) is 0 Å². The summed E-state index contributed by atoms with van der Waals surface area (Å²) in [5, 5.41) is 15.3. The molecule has 0 aliphatic carbocycles. The molecule has 0 aromatic carbocycles. The molecule has 0 spiro atoms. The zero-order valence-electron chi connectivity index (χ0n) is 11.6. The minimum atomic E-state index is -0.707. The van der Waals surface area contributed by atoms with E-state index in [0.717, 1.165) is 37.0 Å². The van der Waals surface area contributed by atoms with Gasteiger partial charge in [0.15, 0.2) is 0 Å². The molecular weight excluding hydrogens is 272 g/mol. The van der Waals surface area contributed by atoms with E-state index in [1.54, 1.807) is 11.3 Å². The van der Waals surface area contributed by atoms with Crippen molar-refractivity contribution >= 4 is 33.2 Å². The Hall–Kier alpha value is -1.62. The summed E-state index contributed by atoms with van der Waals surface area (Å²) in [6, 6.07) is 4.10. The maximum absolute atomic E-state index is 10.6. The third-order valence-corrected chi connectivity index (χ3v) is 4.45. The van der Waals surface area contributed by atoms with E-state index in [9.17, 15) is 4.79 Å². The Bertz CT molecular complexity index is 568. The van der Waals surface area contributed by atoms with E-state index in [1.807, 2.05) is 12.3 Å². The van der Waals surface area contributed by atoms with Crippen molar-refractivity contribution in [2.75, 3.05) is 11.9 Å². The number of aromatic nitrogens is 1. The van der Waals surface area contributed by atoms with E-state index >= 15 is 0 Å². The van der Waals surface area contributed by atoms with Gasteiger partial charge in [0.05, 0.1) is 0 Å². The number of carboxylic acid groups (broad SMARTS) is 1. The molecule has 0 bridgehead atoms. The summed E-state index contributed by atoms with van der Waals surface area (Å²) in [7, 11) is 0. The van der Waals surface area contributed by atoms with Crippen LogP contribution in [0.4, 0.5) is 5.82 Å². The molecule has 0 aliphatic rings. The SMILES string of the molecule is CCC(CCNc1nccc2sccc12)CCC(=O)O. The smallest absolute Gasteiger partial charge is 0.303 e. The Morgan fingerprint density at radius 2 is 2.30 bits per heavy atom. The number of hydrogen-bond acceptors (Lipinski definition) is 4. The molecule has 0 fully saturated rings. The van der Waals surface area contributed by atoms with Gasteiger partial charge in [-0.1, -0.05) is 13.3 Å². The second-order valence-corrected chi connectivity index (χ2v) is 5.86. The largest absolute Gasteiger partial charge is 0.481 e. The Labute approximate surface area is 122 Å². The van der Waals surface area contributed by atoms with Gasteiger partial charge in [-0.2, -0.15) is 0 Å². The number of thiophene rings is 1. The highest BCUT2D eigenvalue weighted by atomic mass is 32.1. The first kappa shape index (κ1) is 14.8. The lowest BCUT2D eigenvalue weighted by molar-refractivity contribution is -0.137. The van der Waals surface area contributed by atoms with Crippen LogP contribution in [0, 0.1) is 5.92 Å². The fraction of sp³-hybridized carbons (Fsp3) is 0.467. The number of rotatable bonds is 8. The summed E-state index contributed by atoms with van der Waals surface area (Å²) < 4.78 is 1.24. The minimum Gasteiger partial charge on any atom is -0.481 e. The fourth-order valence-electron chi connectivity index (χ4n) is 2.31. The van der Waals surface area contributed by atoms with Gasteiger partial charge in [0.25, 0.3) is 0 Å². The highest BCUT2D eigenvalue weighted by molar-refractivity contribution is 7.17. The normalized spacial score (nSPS) is 12.4. The lowest BCUT2D eigenvalue weighted by Crippen LogP contribution is -2.11. The van der Waals surface area contributed by atoms with Crippen molar-refractivity contribution in [1.29, 1.82) is 0 Å². The van der Waals surface area contributed by atoms with Crippen LogP contribution in [0.15, 0.2) is 23.7 Å². The number of hydrogen-bond donors (Lipinski definition) is 2. The maximum atomic E-state index is 10.6. The Kier molecular flexibility index (Phi) is 5.35. The molecule has 2 aromatic rings. The minimum absolute atomic E-state index is 0.261. The molecular formula is C15H20N2O2S. The molecule has 0 amide bonds. The summed E-state index contributed by atoms with van der Waals surface area (Å²) >= 11 is 1.71. The summed E-state index contributed by atoms with van der Waals surface area (Å²) in [4.78, 5) is 15.0. The number of aliphatic carboxylic acids is 1. The summed E-state index contributed by atoms with van der Waals surface area (Å²) in [6.07, 6.45) is 4.83. The molecule has 0 aliphatic heterocycles. The van der Waals surface area contributed by atoms with E-state index in [4.69, 9.17) is 5.11 Å². The van der Waals surface area contributed by atoms with Crippen LogP contribution in [0.25, 0.3) is 10.1 Å². The van der Waals surface area contributed by atoms with Crippen LogP contribution in [0.5, 0.6) is 0 Å². The van der Waals surface area contributed by atoms with Crippen LogP contribution in [-0.4, -0.2) is 22.6 Å². The highest BCUT2D eigenvalue weighted by Crippen LogP contribution is 2.26. The summed E-state index contributed by atoms with van der Waals surface area (Å²) in [5.41, 5.74) is 0. The molecule has 20 heavy (non-hydrogen) atoms. The predicted molar refractivity (Wildman–Crippen MR) is 83.4 cm³/mol. The average molecular weight is 292 g/mol. The van der Waals surface area contributed by atoms with Gasteiger partial charge >= 0.3 is 5.97 Å². The molecule has 0 radical (unpaired) electrons. The number of nitrogens with zero attached hydrogens (tertiary/aromatic N) is 1. The molecule has 2 aromatic heterocycles. The van der Waals surface area contributed by atoms with E-state index in [0.29, 0.717) is 5.92 Å². The lowest BCUT2D eigenvalue weighted by Gasteiger charge is -2.14. The first-order valence-corrected chi connectivity index (χ1v) is 7.86. The number of carboxylic acids is 1. The molecule has 5 heteroatoms. The molecule has 1 unspecified atom stereocenters. The van der Waals surface area contributed by atoms with E-state index < -0.39 is 5.97 Å². The number of carbonyl (C=O) groups is 1. The first-order chi connectivity index (χ1) is 9.70. The molecule has 108 valence electrons. The maximum Gasteiger partial charge on any atom is 0.303 e. The zero-order valence-corrected chi connectivity index (χ0v) is 12.4. The van der Waals surface area contributed by atoms with Gasteiger partial charge in [-0.05, 0) is 36.3 Å². The van der Waals surface area contributed by atoms with Gasteiger partial charge in [0.2, 0.25) is 0 Å². The molecule has 2 N–H and O–H groups in total. The van der Waals surface area contributed by atoms with Gasteiger partial charge in [0, 0.05) is 29.2 Å². The van der Waals surface area contributed by atoms with Crippen LogP contribution in [0.2, 0.25) is 0 Å². The van der Waals surface area contributed by atoms with E-state index in [2.05, 4.69) is 28.7 Å². The van der Waals surface area contributed by atoms with Gasteiger partial charge < -0.3 is 10.4 Å². The van der Waals surface area contributed by atoms with E-state index in [-0.39, 0.29) is 6.42 Å². The number of pyridine rings is 1. The third-order valence-electron chi connectivity index (χ3n) is 3.57. The quantitative estimate of drug-likeness (QED) is 0.772. The highest BCUT2D eigenvalue weighted by Gasteiger charge is 2.09. The van der Waals surface area contributed by atoms with Crippen molar-refractivity contribution in [3.63, 3.8) is 0 Å². The Balaban J connectivity index is 1.85. The van der Waals surface area contributed by atoms with Crippen LogP contribution >= 0.6 is 11.3 Å². The fourth-order valence-corrected chi connectivity index (χ4v) is 3.09. The zero-order chi connectivity index (χ0) is 14.4.